The molecule has 2 aromatic rings. The van der Waals surface area contributed by atoms with Crippen LogP contribution in [0.2, 0.25) is 0 Å². The largest absolute Gasteiger partial charge is 0.448 e. The lowest BCUT2D eigenvalue weighted by molar-refractivity contribution is -0.123. The fourth-order valence-electron chi connectivity index (χ4n) is 1.67. The van der Waals surface area contributed by atoms with Crippen LogP contribution in [0.5, 0.6) is 0 Å². The van der Waals surface area contributed by atoms with Gasteiger partial charge in [-0.05, 0) is 19.1 Å². The number of carbonyl (C=O) groups excluding carboxylic acids is 2. The second kappa shape index (κ2) is 7.14. The lowest BCUT2D eigenvalue weighted by Gasteiger charge is -2.13. The monoisotopic (exact) mass is 341 g/mol. The number of aromatic nitrogens is 1. The Bertz CT molecular complexity index is 736. The molecule has 1 aromatic heterocycles. The molecule has 0 fully saturated rings. The van der Waals surface area contributed by atoms with E-state index < -0.39 is 29.6 Å². The average Bonchev–Trinajstić information content (AvgIpc) is 2.99. The summed E-state index contributed by atoms with van der Waals surface area (Å²) in [6, 6.07) is 2.65. The fraction of sp³-hybridized carbons (Fsp3) is 0.214. The third-order valence-corrected chi connectivity index (χ3v) is 3.67. The van der Waals surface area contributed by atoms with Crippen LogP contribution in [0.1, 0.15) is 17.4 Å². The van der Waals surface area contributed by atoms with Crippen molar-refractivity contribution in [3.05, 3.63) is 41.0 Å². The third kappa shape index (κ3) is 4.01. The highest BCUT2D eigenvalue weighted by Gasteiger charge is 2.23. The van der Waals surface area contributed by atoms with Crippen molar-refractivity contribution in [3.8, 4) is 0 Å². The van der Waals surface area contributed by atoms with Crippen LogP contribution < -0.4 is 10.6 Å². The van der Waals surface area contributed by atoms with Gasteiger partial charge in [0.25, 0.3) is 5.91 Å². The molecule has 6 nitrogen and oxygen atoms in total. The molecule has 1 aromatic carbocycles. The number of rotatable bonds is 5. The Hall–Kier alpha value is -2.55. The van der Waals surface area contributed by atoms with Gasteiger partial charge >= 0.3 is 5.97 Å². The first kappa shape index (κ1) is 16.8. The van der Waals surface area contributed by atoms with Crippen LogP contribution in [-0.2, 0) is 9.53 Å². The van der Waals surface area contributed by atoms with Crippen molar-refractivity contribution in [1.29, 1.82) is 0 Å². The predicted octanol–water partition coefficient (Wildman–Crippen LogP) is 2.65. The Morgan fingerprint density at radius 3 is 2.78 bits per heavy atom. The number of halogens is 2. The molecule has 1 atom stereocenters. The highest BCUT2D eigenvalue weighted by Crippen LogP contribution is 2.21. The molecule has 23 heavy (non-hydrogen) atoms. The van der Waals surface area contributed by atoms with Crippen LogP contribution in [0.15, 0.2) is 23.7 Å². The topological polar surface area (TPSA) is 80.3 Å². The van der Waals surface area contributed by atoms with Gasteiger partial charge in [-0.15, -0.1) is 11.3 Å². The molecular formula is C14H13F2N3O3S. The van der Waals surface area contributed by atoms with E-state index >= 15 is 0 Å². The van der Waals surface area contributed by atoms with Crippen LogP contribution in [0.3, 0.4) is 0 Å². The van der Waals surface area contributed by atoms with E-state index in [9.17, 15) is 18.4 Å². The zero-order valence-corrected chi connectivity index (χ0v) is 13.0. The Morgan fingerprint density at radius 1 is 1.35 bits per heavy atom. The first-order valence-corrected chi connectivity index (χ1v) is 7.38. The Morgan fingerprint density at radius 2 is 2.09 bits per heavy atom. The molecule has 0 saturated heterocycles. The minimum atomic E-state index is -1.21. The number of ether oxygens (including phenoxy) is 1. The number of hydrogen-bond acceptors (Lipinski definition) is 6. The van der Waals surface area contributed by atoms with E-state index in [1.807, 2.05) is 0 Å². The summed E-state index contributed by atoms with van der Waals surface area (Å²) < 4.78 is 31.5. The first-order valence-electron chi connectivity index (χ1n) is 6.50. The second-order valence-corrected chi connectivity index (χ2v) is 5.30. The number of thiazole rings is 1. The summed E-state index contributed by atoms with van der Waals surface area (Å²) in [5, 5.41) is 5.44. The highest BCUT2D eigenvalue weighted by atomic mass is 32.1. The maximum Gasteiger partial charge on any atom is 0.360 e. The summed E-state index contributed by atoms with van der Waals surface area (Å²) >= 11 is 1.20. The van der Waals surface area contributed by atoms with Crippen LogP contribution in [0.4, 0.5) is 19.5 Å². The zero-order valence-electron chi connectivity index (χ0n) is 12.2. The van der Waals surface area contributed by atoms with E-state index in [0.717, 1.165) is 18.2 Å². The van der Waals surface area contributed by atoms with Gasteiger partial charge in [0.15, 0.2) is 11.8 Å². The number of nitrogens with zero attached hydrogens (tertiary/aromatic N) is 1. The smallest absolute Gasteiger partial charge is 0.360 e. The van der Waals surface area contributed by atoms with Gasteiger partial charge in [-0.1, -0.05) is 0 Å². The normalized spacial score (nSPS) is 11.7. The van der Waals surface area contributed by atoms with E-state index in [2.05, 4.69) is 15.6 Å². The summed E-state index contributed by atoms with van der Waals surface area (Å²) in [4.78, 5) is 27.7. The molecule has 2 rings (SSSR count). The van der Waals surface area contributed by atoms with Crippen LogP contribution in [0.25, 0.3) is 0 Å². The van der Waals surface area contributed by atoms with Gasteiger partial charge in [-0.25, -0.2) is 18.6 Å². The minimum absolute atomic E-state index is 0.0501. The highest BCUT2D eigenvalue weighted by molar-refractivity contribution is 7.14. The quantitative estimate of drug-likeness (QED) is 0.817. The van der Waals surface area contributed by atoms with Gasteiger partial charge in [0.1, 0.15) is 16.6 Å². The van der Waals surface area contributed by atoms with E-state index in [1.165, 1.54) is 23.8 Å². The molecule has 0 saturated carbocycles. The molecule has 1 amide bonds. The Balaban J connectivity index is 2.02. The molecule has 2 N–H and O–H groups in total. The van der Waals surface area contributed by atoms with Gasteiger partial charge < -0.3 is 15.4 Å². The van der Waals surface area contributed by atoms with E-state index in [4.69, 9.17) is 4.74 Å². The van der Waals surface area contributed by atoms with E-state index in [-0.39, 0.29) is 11.4 Å². The molecule has 0 unspecified atom stereocenters. The van der Waals surface area contributed by atoms with Gasteiger partial charge in [-0.3, -0.25) is 4.79 Å². The first-order chi connectivity index (χ1) is 10.9. The molecule has 122 valence electrons. The average molecular weight is 341 g/mol. The molecule has 0 aliphatic rings. The Labute approximate surface area is 134 Å². The number of carbonyl (C=O) groups is 2. The molecule has 1 heterocycles. The predicted molar refractivity (Wildman–Crippen MR) is 81.5 cm³/mol. The van der Waals surface area contributed by atoms with Gasteiger partial charge in [0, 0.05) is 13.1 Å². The molecule has 0 radical (unpaired) electrons. The number of esters is 1. The van der Waals surface area contributed by atoms with Crippen molar-refractivity contribution < 1.29 is 23.1 Å². The summed E-state index contributed by atoms with van der Waals surface area (Å²) in [6.45, 7) is 1.32. The third-order valence-electron chi connectivity index (χ3n) is 2.83. The number of benzene rings is 1. The SMILES string of the molecule is CNc1scnc1C(=O)O[C@@H](C)C(=O)Nc1cc(F)ccc1F. The van der Waals surface area contributed by atoms with Gasteiger partial charge in [0.05, 0.1) is 11.2 Å². The summed E-state index contributed by atoms with van der Waals surface area (Å²) in [5.41, 5.74) is 1.17. The van der Waals surface area contributed by atoms with Crippen molar-refractivity contribution in [2.24, 2.45) is 0 Å². The number of anilines is 2. The lowest BCUT2D eigenvalue weighted by Crippen LogP contribution is -2.30. The zero-order chi connectivity index (χ0) is 17.0. The molecule has 0 aliphatic carbocycles. The fourth-order valence-corrected chi connectivity index (χ4v) is 2.30. The molecule has 0 bridgehead atoms. The molecule has 0 spiro atoms. The van der Waals surface area contributed by atoms with Crippen molar-refractivity contribution in [2.45, 2.75) is 13.0 Å². The van der Waals surface area contributed by atoms with Crippen molar-refractivity contribution in [3.63, 3.8) is 0 Å². The number of hydrogen-bond donors (Lipinski definition) is 2. The lowest BCUT2D eigenvalue weighted by atomic mass is 10.2. The maximum atomic E-state index is 13.5. The molecule has 9 heteroatoms. The minimum Gasteiger partial charge on any atom is -0.448 e. The molecular weight excluding hydrogens is 328 g/mol. The maximum absolute atomic E-state index is 13.5. The Kier molecular flexibility index (Phi) is 5.22. The standard InChI is InChI=1S/C14H13F2N3O3S/c1-7(22-14(21)11-13(17-2)23-6-18-11)12(20)19-10-5-8(15)3-4-9(10)16/h3-7,17H,1-2H3,(H,19,20)/t7-/m0/s1. The molecule has 0 aliphatic heterocycles. The van der Waals surface area contributed by atoms with Crippen LogP contribution >= 0.6 is 11.3 Å². The summed E-state index contributed by atoms with van der Waals surface area (Å²) in [7, 11) is 1.62. The van der Waals surface area contributed by atoms with E-state index in [0.29, 0.717) is 5.00 Å². The van der Waals surface area contributed by atoms with Crippen molar-refractivity contribution in [2.75, 3.05) is 17.7 Å². The van der Waals surface area contributed by atoms with Crippen molar-refractivity contribution in [1.82, 2.24) is 4.98 Å². The van der Waals surface area contributed by atoms with Crippen LogP contribution in [-0.4, -0.2) is 30.0 Å². The summed E-state index contributed by atoms with van der Waals surface area (Å²) in [6.07, 6.45) is -1.21. The van der Waals surface area contributed by atoms with Crippen molar-refractivity contribution >= 4 is 33.9 Å². The van der Waals surface area contributed by atoms with Gasteiger partial charge in [0.2, 0.25) is 0 Å². The van der Waals surface area contributed by atoms with Gasteiger partial charge in [-0.2, -0.15) is 0 Å². The van der Waals surface area contributed by atoms with E-state index in [1.54, 1.807) is 7.05 Å². The number of amides is 1. The summed E-state index contributed by atoms with van der Waals surface area (Å²) in [5.74, 6) is -3.08. The second-order valence-electron chi connectivity index (χ2n) is 4.44. The number of nitrogens with one attached hydrogen (secondary N) is 2. The van der Waals surface area contributed by atoms with Crippen LogP contribution in [0, 0.1) is 11.6 Å².